The Hall–Kier alpha value is -3.32. The summed E-state index contributed by atoms with van der Waals surface area (Å²) < 4.78 is 1.98. The van der Waals surface area contributed by atoms with Crippen molar-refractivity contribution in [1.29, 1.82) is 0 Å². The number of carbonyl (C=O) groups is 2. The predicted molar refractivity (Wildman–Crippen MR) is 173 cm³/mol. The molecule has 0 saturated carbocycles. The third kappa shape index (κ3) is 3.15. The van der Waals surface area contributed by atoms with Crippen LogP contribution in [0.15, 0.2) is 106 Å². The fourth-order valence-corrected chi connectivity index (χ4v) is 9.22. The minimum atomic E-state index is -1.15. The van der Waals surface area contributed by atoms with Crippen LogP contribution in [0.2, 0.25) is 0 Å². The molecule has 208 valence electrons. The highest BCUT2D eigenvalue weighted by Crippen LogP contribution is 2.71. The predicted octanol–water partition coefficient (Wildman–Crippen LogP) is 7.71. The molecule has 6 heteroatoms. The van der Waals surface area contributed by atoms with Gasteiger partial charge >= 0.3 is 0 Å². The molecule has 2 saturated heterocycles. The number of benzene rings is 4. The van der Waals surface area contributed by atoms with E-state index in [1.54, 1.807) is 4.90 Å². The highest BCUT2D eigenvalue weighted by Gasteiger charge is 2.80. The Bertz CT molecular complexity index is 1820. The fourth-order valence-electron chi connectivity index (χ4n) is 8.69. The maximum Gasteiger partial charge on any atom is 0.253 e. The second-order valence-corrected chi connectivity index (χ2v) is 13.6. The zero-order valence-electron chi connectivity index (χ0n) is 23.1. The van der Waals surface area contributed by atoms with Crippen LogP contribution < -0.4 is 4.90 Å². The molecule has 2 spiro atoms. The molecule has 8 rings (SSSR count). The van der Waals surface area contributed by atoms with Gasteiger partial charge in [0.05, 0.1) is 5.41 Å². The van der Waals surface area contributed by atoms with Crippen LogP contribution >= 0.6 is 31.9 Å². The summed E-state index contributed by atoms with van der Waals surface area (Å²) in [6.45, 7) is 0.772. The lowest BCUT2D eigenvalue weighted by molar-refractivity contribution is -0.137. The molecule has 0 bridgehead atoms. The van der Waals surface area contributed by atoms with Crippen molar-refractivity contribution in [2.75, 3.05) is 18.5 Å². The molecular weight excluding hydrogens is 652 g/mol. The van der Waals surface area contributed by atoms with Crippen LogP contribution in [-0.4, -0.2) is 36.2 Å². The first-order valence-corrected chi connectivity index (χ1v) is 16.0. The summed E-state index contributed by atoms with van der Waals surface area (Å²) in [5.74, 6) is -0.184. The first-order chi connectivity index (χ1) is 20.4. The highest BCUT2D eigenvalue weighted by molar-refractivity contribution is 9.10. The van der Waals surface area contributed by atoms with Crippen LogP contribution in [0.4, 0.5) is 5.69 Å². The number of para-hydroxylation sites is 1. The van der Waals surface area contributed by atoms with Gasteiger partial charge in [-0.15, -0.1) is 0 Å². The van der Waals surface area contributed by atoms with Gasteiger partial charge in [0.2, 0.25) is 0 Å². The largest absolute Gasteiger partial charge is 0.313 e. The standard InChI is InChI=1S/C36H28Br2N2O2/c1-39-30-10-5-4-9-29(30)36(34(39)42)35(32(31-11-6-20-40(31)36)23-14-18-25(38)19-15-23)28-8-3-2-7-26(28)27(33(35)41)21-22-12-16-24(37)17-13-22/h2-5,7-10,12-19,21,31-32H,6,11,20H2,1H3/b27-21+/t31?,32-,35-,36+/m0/s1. The highest BCUT2D eigenvalue weighted by atomic mass is 79.9. The zero-order valence-corrected chi connectivity index (χ0v) is 26.2. The summed E-state index contributed by atoms with van der Waals surface area (Å²) in [5, 5.41) is 0. The molecule has 4 aromatic carbocycles. The van der Waals surface area contributed by atoms with Gasteiger partial charge in [-0.1, -0.05) is 98.6 Å². The van der Waals surface area contributed by atoms with E-state index in [1.807, 2.05) is 67.7 Å². The van der Waals surface area contributed by atoms with E-state index in [-0.39, 0.29) is 23.7 Å². The number of allylic oxidation sites excluding steroid dienone is 1. The third-order valence-electron chi connectivity index (χ3n) is 10.1. The number of nitrogens with zero attached hydrogens (tertiary/aromatic N) is 2. The van der Waals surface area contributed by atoms with E-state index < -0.39 is 11.0 Å². The van der Waals surface area contributed by atoms with Crippen molar-refractivity contribution in [2.45, 2.75) is 35.8 Å². The number of halogens is 2. The molecule has 1 amide bonds. The molecule has 0 N–H and O–H groups in total. The van der Waals surface area contributed by atoms with Gasteiger partial charge in [-0.05, 0) is 78.0 Å². The van der Waals surface area contributed by atoms with Crippen molar-refractivity contribution >= 4 is 60.9 Å². The van der Waals surface area contributed by atoms with Crippen molar-refractivity contribution < 1.29 is 9.59 Å². The molecule has 3 aliphatic heterocycles. The molecule has 2 fully saturated rings. The molecule has 1 unspecified atom stereocenters. The number of amides is 1. The number of hydrogen-bond donors (Lipinski definition) is 0. The molecule has 4 nitrogen and oxygen atoms in total. The van der Waals surface area contributed by atoms with Gasteiger partial charge in [0.1, 0.15) is 5.54 Å². The topological polar surface area (TPSA) is 40.6 Å². The Balaban J connectivity index is 1.51. The number of hydrogen-bond acceptors (Lipinski definition) is 3. The smallest absolute Gasteiger partial charge is 0.253 e. The quantitative estimate of drug-likeness (QED) is 0.204. The Labute approximate surface area is 262 Å². The lowest BCUT2D eigenvalue weighted by Crippen LogP contribution is -2.61. The maximum atomic E-state index is 15.7. The summed E-state index contributed by atoms with van der Waals surface area (Å²) in [4.78, 5) is 35.0. The van der Waals surface area contributed by atoms with Crippen LogP contribution in [0.25, 0.3) is 11.6 Å². The van der Waals surface area contributed by atoms with Crippen molar-refractivity contribution in [2.24, 2.45) is 0 Å². The first kappa shape index (κ1) is 26.3. The third-order valence-corrected chi connectivity index (χ3v) is 11.1. The maximum absolute atomic E-state index is 15.7. The number of carbonyl (C=O) groups excluding carboxylic acids is 2. The molecule has 4 aliphatic rings. The van der Waals surface area contributed by atoms with Gasteiger partial charge < -0.3 is 4.90 Å². The lowest BCUT2D eigenvalue weighted by atomic mass is 9.56. The van der Waals surface area contributed by atoms with Gasteiger partial charge in [-0.3, -0.25) is 14.5 Å². The van der Waals surface area contributed by atoms with Crippen LogP contribution in [-0.2, 0) is 20.5 Å². The van der Waals surface area contributed by atoms with Crippen molar-refractivity contribution in [3.8, 4) is 0 Å². The monoisotopic (exact) mass is 678 g/mol. The number of rotatable bonds is 2. The van der Waals surface area contributed by atoms with E-state index in [9.17, 15) is 0 Å². The van der Waals surface area contributed by atoms with Gasteiger partial charge in [-0.25, -0.2) is 0 Å². The molecule has 4 atom stereocenters. The first-order valence-electron chi connectivity index (χ1n) is 14.4. The number of likely N-dealkylation sites (N-methyl/N-ethyl adjacent to an activating group) is 1. The molecule has 42 heavy (non-hydrogen) atoms. The van der Waals surface area contributed by atoms with E-state index in [4.69, 9.17) is 0 Å². The molecule has 0 radical (unpaired) electrons. The van der Waals surface area contributed by atoms with Gasteiger partial charge in [0.15, 0.2) is 5.78 Å². The molecule has 0 aromatic heterocycles. The Morgan fingerprint density at radius 1 is 0.810 bits per heavy atom. The van der Waals surface area contributed by atoms with Crippen LogP contribution in [0, 0.1) is 0 Å². The second kappa shape index (κ2) is 9.34. The number of fused-ring (bicyclic) bond motifs is 7. The Morgan fingerprint density at radius 3 is 2.19 bits per heavy atom. The van der Waals surface area contributed by atoms with Crippen LogP contribution in [0.3, 0.4) is 0 Å². The molecule has 1 aliphatic carbocycles. The van der Waals surface area contributed by atoms with E-state index in [0.717, 1.165) is 61.8 Å². The molecule has 4 aromatic rings. The van der Waals surface area contributed by atoms with Crippen LogP contribution in [0.1, 0.15) is 46.6 Å². The summed E-state index contributed by atoms with van der Waals surface area (Å²) in [6.07, 6.45) is 3.95. The number of Topliss-reactive ketones (excluding diaryl/α,β-unsaturated/α-hetero) is 1. The van der Waals surface area contributed by atoms with Crippen molar-refractivity contribution in [3.05, 3.63) is 134 Å². The normalized spacial score (nSPS) is 28.7. The molecular formula is C36H28Br2N2O2. The number of ketones is 1. The Kier molecular flexibility index (Phi) is 5.85. The van der Waals surface area contributed by atoms with Gasteiger partial charge in [0, 0.05) is 44.8 Å². The van der Waals surface area contributed by atoms with Gasteiger partial charge in [-0.2, -0.15) is 0 Å². The molecule has 3 heterocycles. The Morgan fingerprint density at radius 2 is 1.45 bits per heavy atom. The van der Waals surface area contributed by atoms with Crippen molar-refractivity contribution in [3.63, 3.8) is 0 Å². The summed E-state index contributed by atoms with van der Waals surface area (Å²) >= 11 is 7.16. The summed E-state index contributed by atoms with van der Waals surface area (Å²) in [6, 6.07) is 32.8. The average Bonchev–Trinajstić information content (AvgIpc) is 3.70. The summed E-state index contributed by atoms with van der Waals surface area (Å²) in [7, 11) is 1.87. The van der Waals surface area contributed by atoms with Crippen LogP contribution in [0.5, 0.6) is 0 Å². The second-order valence-electron chi connectivity index (χ2n) is 11.8. The minimum Gasteiger partial charge on any atom is -0.313 e. The average molecular weight is 680 g/mol. The lowest BCUT2D eigenvalue weighted by Gasteiger charge is -2.45. The minimum absolute atomic E-state index is 0.0109. The zero-order chi connectivity index (χ0) is 28.8. The van der Waals surface area contributed by atoms with Crippen molar-refractivity contribution in [1.82, 2.24) is 4.90 Å². The van der Waals surface area contributed by atoms with E-state index >= 15 is 9.59 Å². The SMILES string of the molecule is CN1C(=O)[C@@]2(c3ccccc31)N1CCCC1[C@H](c1ccc(Br)cc1)[C@@]21C(=O)/C(=C/c2ccc(Br)cc2)c2ccccc21. The van der Waals surface area contributed by atoms with Gasteiger partial charge in [0.25, 0.3) is 5.91 Å². The van der Waals surface area contributed by atoms with E-state index in [1.165, 1.54) is 0 Å². The van der Waals surface area contributed by atoms with E-state index in [0.29, 0.717) is 5.57 Å². The number of anilines is 1. The fraction of sp³-hybridized carbons (Fsp3) is 0.222. The van der Waals surface area contributed by atoms with E-state index in [2.05, 4.69) is 79.2 Å². The summed E-state index contributed by atoms with van der Waals surface area (Å²) in [5.41, 5.74) is 4.15.